The van der Waals surface area contributed by atoms with Crippen LogP contribution in [-0.2, 0) is 4.79 Å². The van der Waals surface area contributed by atoms with Crippen molar-refractivity contribution in [3.05, 3.63) is 83.6 Å². The molecule has 3 aromatic rings. The molecule has 0 aromatic heterocycles. The lowest BCUT2D eigenvalue weighted by atomic mass is 9.97. The van der Waals surface area contributed by atoms with Crippen LogP contribution in [0, 0.1) is 11.7 Å². The third-order valence-electron chi connectivity index (χ3n) is 7.07. The quantitative estimate of drug-likeness (QED) is 0.294. The Hall–Kier alpha value is -3.10. The monoisotopic (exact) mass is 622 g/mol. The van der Waals surface area contributed by atoms with Crippen molar-refractivity contribution in [2.45, 2.75) is 78.6 Å². The first-order valence-electron chi connectivity index (χ1n) is 14.9. The lowest BCUT2D eigenvalue weighted by molar-refractivity contribution is -0.274. The fourth-order valence-electron chi connectivity index (χ4n) is 4.94. The first-order chi connectivity index (χ1) is 20.5. The topological polar surface area (TPSA) is 41.6 Å². The number of ether oxygens (including phenoxy) is 1. The van der Waals surface area contributed by atoms with Gasteiger partial charge in [-0.05, 0) is 86.1 Å². The van der Waals surface area contributed by atoms with Gasteiger partial charge in [-0.2, -0.15) is 0 Å². The predicted molar refractivity (Wildman–Crippen MR) is 168 cm³/mol. The average Bonchev–Trinajstić information content (AvgIpc) is 3.52. The minimum atomic E-state index is -4.66. The Kier molecular flexibility index (Phi) is 15.6. The molecule has 0 atom stereocenters. The molecular weight excluding hydrogens is 580 g/mol. The maximum absolute atomic E-state index is 12.6. The lowest BCUT2D eigenvalue weighted by Crippen LogP contribution is -2.39. The third kappa shape index (κ3) is 13.8. The van der Waals surface area contributed by atoms with E-state index in [4.69, 9.17) is 11.6 Å². The summed E-state index contributed by atoms with van der Waals surface area (Å²) in [6, 6.07) is 20.0. The van der Waals surface area contributed by atoms with Crippen molar-refractivity contribution in [1.29, 1.82) is 0 Å². The summed E-state index contributed by atoms with van der Waals surface area (Å²) in [5.74, 6) is 0.0740. The molecule has 1 amide bonds. The smallest absolute Gasteiger partial charge is 0.406 e. The molecule has 2 aliphatic rings. The van der Waals surface area contributed by atoms with E-state index in [0.29, 0.717) is 11.3 Å². The van der Waals surface area contributed by atoms with Crippen LogP contribution in [0.5, 0.6) is 5.75 Å². The second kappa shape index (κ2) is 18.5. The number of hydrogen-bond acceptors (Lipinski definition) is 3. The molecule has 0 spiro atoms. The Bertz CT molecular complexity index is 1230. The van der Waals surface area contributed by atoms with Gasteiger partial charge in [-0.15, -0.1) is 13.2 Å². The van der Waals surface area contributed by atoms with Gasteiger partial charge >= 0.3 is 6.36 Å². The number of nitrogens with one attached hydrogen (secondary N) is 1. The largest absolute Gasteiger partial charge is 0.573 e. The number of rotatable bonds is 4. The van der Waals surface area contributed by atoms with E-state index in [1.165, 1.54) is 94.9 Å². The number of hydrogen-bond donors (Lipinski definition) is 1. The molecule has 2 fully saturated rings. The number of likely N-dealkylation sites (tertiary alicyclic amines) is 1. The summed E-state index contributed by atoms with van der Waals surface area (Å²) in [4.78, 5) is 13.3. The van der Waals surface area contributed by atoms with Crippen molar-refractivity contribution in [3.63, 3.8) is 0 Å². The highest BCUT2D eigenvalue weighted by Gasteiger charge is 2.31. The van der Waals surface area contributed by atoms with Gasteiger partial charge in [0.15, 0.2) is 0 Å². The molecular formula is C34H43ClF4N2O2. The van der Waals surface area contributed by atoms with Crippen LogP contribution in [0.4, 0.5) is 23.2 Å². The van der Waals surface area contributed by atoms with Crippen molar-refractivity contribution >= 4 is 23.2 Å². The zero-order chi connectivity index (χ0) is 31.8. The van der Waals surface area contributed by atoms with E-state index in [9.17, 15) is 22.4 Å². The summed E-state index contributed by atoms with van der Waals surface area (Å²) in [6.45, 7) is 10.5. The van der Waals surface area contributed by atoms with Crippen LogP contribution in [0.3, 0.4) is 0 Å². The third-order valence-corrected chi connectivity index (χ3v) is 7.36. The molecule has 0 unspecified atom stereocenters. The molecule has 0 bridgehead atoms. The van der Waals surface area contributed by atoms with Gasteiger partial charge in [0.25, 0.3) is 0 Å². The maximum Gasteiger partial charge on any atom is 0.573 e. The molecule has 5 rings (SSSR count). The normalized spacial score (nSPS) is 15.6. The van der Waals surface area contributed by atoms with Crippen molar-refractivity contribution in [1.82, 2.24) is 4.90 Å². The van der Waals surface area contributed by atoms with Crippen molar-refractivity contribution in [2.24, 2.45) is 5.92 Å². The molecule has 9 heteroatoms. The van der Waals surface area contributed by atoms with Gasteiger partial charge in [-0.25, -0.2) is 4.39 Å². The molecule has 1 aliphatic heterocycles. The predicted octanol–water partition coefficient (Wildman–Crippen LogP) is 10.4. The van der Waals surface area contributed by atoms with Gasteiger partial charge in [0.05, 0.1) is 5.02 Å². The highest BCUT2D eigenvalue weighted by Crippen LogP contribution is 2.28. The van der Waals surface area contributed by atoms with Gasteiger partial charge in [0.2, 0.25) is 5.91 Å². The molecule has 3 aromatic carbocycles. The number of amides is 1. The number of benzene rings is 3. The Morgan fingerprint density at radius 1 is 0.884 bits per heavy atom. The Balaban J connectivity index is 0.000000223. The van der Waals surface area contributed by atoms with E-state index in [1.807, 2.05) is 44.2 Å². The van der Waals surface area contributed by atoms with E-state index in [2.05, 4.69) is 21.9 Å². The van der Waals surface area contributed by atoms with Crippen molar-refractivity contribution in [2.75, 3.05) is 18.4 Å². The zero-order valence-electron chi connectivity index (χ0n) is 25.4. The molecule has 1 saturated heterocycles. The van der Waals surface area contributed by atoms with Gasteiger partial charge < -0.3 is 15.0 Å². The van der Waals surface area contributed by atoms with Crippen LogP contribution in [0.2, 0.25) is 5.02 Å². The minimum Gasteiger partial charge on any atom is -0.406 e. The second-order valence-corrected chi connectivity index (χ2v) is 10.8. The van der Waals surface area contributed by atoms with Crippen LogP contribution in [0.25, 0.3) is 11.1 Å². The van der Waals surface area contributed by atoms with E-state index in [-0.39, 0.29) is 16.7 Å². The highest BCUT2D eigenvalue weighted by atomic mass is 35.5. The van der Waals surface area contributed by atoms with Gasteiger partial charge in [-0.3, -0.25) is 4.79 Å². The SMILES string of the molecule is CC.CC(=O)Nc1ccc(F)c(Cl)c1.CC1CCN(C2CCCC2)CC1.FC(F)(F)Oc1cccc(-c2ccccc2)c1. The van der Waals surface area contributed by atoms with Crippen LogP contribution < -0.4 is 10.1 Å². The highest BCUT2D eigenvalue weighted by molar-refractivity contribution is 6.31. The Labute approximate surface area is 258 Å². The Morgan fingerprint density at radius 2 is 1.49 bits per heavy atom. The minimum absolute atomic E-state index is 0.00116. The van der Waals surface area contributed by atoms with E-state index >= 15 is 0 Å². The standard InChI is InChI=1S/C13H9F3O.C11H21N.C8H7ClFNO.C2H6/c14-13(15,16)17-12-8-4-7-11(9-12)10-5-2-1-3-6-10;1-10-6-8-12(9-7-10)11-4-2-3-5-11;1-5(12)11-6-2-3-8(10)7(9)4-6;1-2/h1-9H;10-11H,2-9H2,1H3;2-4H,1H3,(H,11,12);1-2H3. The van der Waals surface area contributed by atoms with Gasteiger partial charge in [0.1, 0.15) is 11.6 Å². The van der Waals surface area contributed by atoms with Crippen molar-refractivity contribution < 1.29 is 27.1 Å². The van der Waals surface area contributed by atoms with E-state index in [1.54, 1.807) is 6.07 Å². The van der Waals surface area contributed by atoms with E-state index in [0.717, 1.165) is 17.5 Å². The summed E-state index contributed by atoms with van der Waals surface area (Å²) in [5, 5.41) is 2.48. The molecule has 4 nitrogen and oxygen atoms in total. The molecule has 1 N–H and O–H groups in total. The molecule has 1 saturated carbocycles. The first-order valence-corrected chi connectivity index (χ1v) is 15.3. The first kappa shape index (κ1) is 36.1. The van der Waals surface area contributed by atoms with Crippen LogP contribution in [-0.4, -0.2) is 36.3 Å². The summed E-state index contributed by atoms with van der Waals surface area (Å²) >= 11 is 5.47. The van der Waals surface area contributed by atoms with Crippen molar-refractivity contribution in [3.8, 4) is 16.9 Å². The number of piperidine rings is 1. The number of carbonyl (C=O) groups excluding carboxylic acids is 1. The fraction of sp³-hybridized carbons (Fsp3) is 0.441. The van der Waals surface area contributed by atoms with E-state index < -0.39 is 12.2 Å². The summed E-state index contributed by atoms with van der Waals surface area (Å²) in [6.07, 6.45) is 4.15. The van der Waals surface area contributed by atoms with Crippen LogP contribution in [0.15, 0.2) is 72.8 Å². The number of halogens is 5. The number of nitrogens with zero attached hydrogens (tertiary/aromatic N) is 1. The fourth-order valence-corrected chi connectivity index (χ4v) is 5.12. The zero-order valence-corrected chi connectivity index (χ0v) is 26.1. The number of alkyl halides is 3. The molecule has 236 valence electrons. The van der Waals surface area contributed by atoms with Gasteiger partial charge in [-0.1, -0.05) is 87.7 Å². The molecule has 0 radical (unpaired) electrons. The van der Waals surface area contributed by atoms with Crippen LogP contribution in [0.1, 0.15) is 66.2 Å². The summed E-state index contributed by atoms with van der Waals surface area (Å²) in [5.41, 5.74) is 2.03. The number of anilines is 1. The number of carbonyl (C=O) groups is 1. The Morgan fingerprint density at radius 3 is 2.05 bits per heavy atom. The van der Waals surface area contributed by atoms with Crippen LogP contribution >= 0.6 is 11.6 Å². The molecule has 1 heterocycles. The summed E-state index contributed by atoms with van der Waals surface area (Å²) in [7, 11) is 0. The lowest BCUT2D eigenvalue weighted by Gasteiger charge is -2.34. The maximum atomic E-state index is 12.6. The van der Waals surface area contributed by atoms with Gasteiger partial charge in [0, 0.05) is 18.7 Å². The molecule has 43 heavy (non-hydrogen) atoms. The molecule has 1 aliphatic carbocycles. The summed E-state index contributed by atoms with van der Waals surface area (Å²) < 4.78 is 52.6. The average molecular weight is 623 g/mol. The second-order valence-electron chi connectivity index (χ2n) is 10.4.